The largest absolute Gasteiger partial charge is 0.379 e. The van der Waals surface area contributed by atoms with Crippen molar-refractivity contribution < 1.29 is 14.3 Å². The van der Waals surface area contributed by atoms with Crippen molar-refractivity contribution in [3.05, 3.63) is 0 Å². The Bertz CT molecular complexity index is 396. The van der Waals surface area contributed by atoms with Crippen LogP contribution in [0.15, 0.2) is 0 Å². The first kappa shape index (κ1) is 21.7. The summed E-state index contributed by atoms with van der Waals surface area (Å²) in [6.07, 6.45) is 3.04. The normalized spacial score (nSPS) is 17.8. The van der Waals surface area contributed by atoms with Crippen LogP contribution in [0.25, 0.3) is 0 Å². The van der Waals surface area contributed by atoms with Crippen molar-refractivity contribution in [1.29, 1.82) is 0 Å². The molecule has 146 valence electrons. The quantitative estimate of drug-likeness (QED) is 0.552. The molecule has 1 saturated heterocycles. The Balaban J connectivity index is 2.51. The fourth-order valence-electron chi connectivity index (χ4n) is 3.25. The molecule has 1 fully saturated rings. The molecule has 0 aliphatic carbocycles. The number of rotatable bonds is 10. The van der Waals surface area contributed by atoms with E-state index in [2.05, 4.69) is 34.7 Å². The second-order valence-electron chi connectivity index (χ2n) is 6.66. The third kappa shape index (κ3) is 7.61. The van der Waals surface area contributed by atoms with Gasteiger partial charge in [-0.05, 0) is 19.3 Å². The van der Waals surface area contributed by atoms with Crippen LogP contribution >= 0.6 is 0 Å². The molecular weight excluding hydrogens is 320 g/mol. The van der Waals surface area contributed by atoms with E-state index in [1.54, 1.807) is 6.92 Å². The number of ether oxygens (including phenoxy) is 1. The Kier molecular flexibility index (Phi) is 10.5. The summed E-state index contributed by atoms with van der Waals surface area (Å²) in [6.45, 7) is 12.6. The molecule has 0 saturated carbocycles. The molecule has 25 heavy (non-hydrogen) atoms. The first-order valence-corrected chi connectivity index (χ1v) is 9.67. The molecule has 7 heteroatoms. The lowest BCUT2D eigenvalue weighted by atomic mass is 9.92. The smallest absolute Gasteiger partial charge is 0.315 e. The fraction of sp³-hybridized carbons (Fsp3) is 0.889. The standard InChI is InChI=1S/C18H36N4O3/c1-5-8-19-17(23)14(4)21-18(24)20-13-16(15(6-2)7-3)22-9-11-25-12-10-22/h14-16H,5-13H2,1-4H3,(H,19,23)(H2,20,21,24)/t14-,16+/m0/s1. The van der Waals surface area contributed by atoms with E-state index in [-0.39, 0.29) is 11.9 Å². The molecule has 1 aliphatic rings. The van der Waals surface area contributed by atoms with E-state index < -0.39 is 6.04 Å². The highest BCUT2D eigenvalue weighted by Gasteiger charge is 2.27. The highest BCUT2D eigenvalue weighted by atomic mass is 16.5. The minimum atomic E-state index is -0.540. The third-order valence-electron chi connectivity index (χ3n) is 4.87. The van der Waals surface area contributed by atoms with Gasteiger partial charge in [-0.15, -0.1) is 0 Å². The van der Waals surface area contributed by atoms with Crippen LogP contribution in [0.2, 0.25) is 0 Å². The predicted molar refractivity (Wildman–Crippen MR) is 99.5 cm³/mol. The van der Waals surface area contributed by atoms with E-state index in [1.165, 1.54) is 0 Å². The molecule has 7 nitrogen and oxygen atoms in total. The predicted octanol–water partition coefficient (Wildman–Crippen LogP) is 1.34. The molecule has 0 spiro atoms. The van der Waals surface area contributed by atoms with Crippen molar-refractivity contribution in [1.82, 2.24) is 20.9 Å². The molecule has 3 N–H and O–H groups in total. The molecule has 0 aromatic rings. The molecule has 1 heterocycles. The van der Waals surface area contributed by atoms with E-state index in [0.717, 1.165) is 45.6 Å². The van der Waals surface area contributed by atoms with Gasteiger partial charge in [0.05, 0.1) is 13.2 Å². The Hall–Kier alpha value is -1.34. The van der Waals surface area contributed by atoms with Crippen molar-refractivity contribution in [2.75, 3.05) is 39.4 Å². The minimum absolute atomic E-state index is 0.151. The van der Waals surface area contributed by atoms with Gasteiger partial charge in [0, 0.05) is 32.2 Å². The molecule has 0 aromatic heterocycles. The first-order chi connectivity index (χ1) is 12.0. The number of hydrogen-bond donors (Lipinski definition) is 3. The van der Waals surface area contributed by atoms with Gasteiger partial charge in [0.2, 0.25) is 5.91 Å². The van der Waals surface area contributed by atoms with Crippen LogP contribution in [0.3, 0.4) is 0 Å². The number of carbonyl (C=O) groups excluding carboxylic acids is 2. The molecule has 0 unspecified atom stereocenters. The van der Waals surface area contributed by atoms with Crippen molar-refractivity contribution in [2.24, 2.45) is 5.92 Å². The molecule has 0 bridgehead atoms. The molecule has 0 radical (unpaired) electrons. The molecule has 2 atom stereocenters. The van der Waals surface area contributed by atoms with Crippen LogP contribution in [0.4, 0.5) is 4.79 Å². The number of carbonyl (C=O) groups is 2. The molecule has 1 aliphatic heterocycles. The Labute approximate surface area is 152 Å². The third-order valence-corrected chi connectivity index (χ3v) is 4.87. The van der Waals surface area contributed by atoms with Gasteiger partial charge in [-0.1, -0.05) is 33.6 Å². The van der Waals surface area contributed by atoms with Crippen LogP contribution in [0.1, 0.15) is 47.0 Å². The lowest BCUT2D eigenvalue weighted by molar-refractivity contribution is -0.122. The van der Waals surface area contributed by atoms with Gasteiger partial charge in [-0.3, -0.25) is 9.69 Å². The van der Waals surface area contributed by atoms with Gasteiger partial charge in [0.15, 0.2) is 0 Å². The zero-order valence-corrected chi connectivity index (χ0v) is 16.3. The van der Waals surface area contributed by atoms with Crippen LogP contribution in [0.5, 0.6) is 0 Å². The van der Waals surface area contributed by atoms with Crippen molar-refractivity contribution in [2.45, 2.75) is 59.0 Å². The number of amides is 3. The van der Waals surface area contributed by atoms with Gasteiger partial charge < -0.3 is 20.7 Å². The van der Waals surface area contributed by atoms with Crippen molar-refractivity contribution in [3.8, 4) is 0 Å². The van der Waals surface area contributed by atoms with Gasteiger partial charge in [0.25, 0.3) is 0 Å². The van der Waals surface area contributed by atoms with Crippen LogP contribution < -0.4 is 16.0 Å². The number of hydrogen-bond acceptors (Lipinski definition) is 4. The molecule has 1 rings (SSSR count). The summed E-state index contributed by atoms with van der Waals surface area (Å²) in [7, 11) is 0. The van der Waals surface area contributed by atoms with Gasteiger partial charge >= 0.3 is 6.03 Å². The Morgan fingerprint density at radius 3 is 2.28 bits per heavy atom. The molecular formula is C18H36N4O3. The SMILES string of the molecule is CCCNC(=O)[C@H](C)NC(=O)NC[C@H](C(CC)CC)N1CCOCC1. The monoisotopic (exact) mass is 356 g/mol. The topological polar surface area (TPSA) is 82.7 Å². The second kappa shape index (κ2) is 12.1. The van der Waals surface area contributed by atoms with E-state index in [0.29, 0.717) is 25.0 Å². The van der Waals surface area contributed by atoms with Crippen LogP contribution in [-0.4, -0.2) is 68.3 Å². The average Bonchev–Trinajstić information content (AvgIpc) is 2.63. The van der Waals surface area contributed by atoms with E-state index in [4.69, 9.17) is 4.74 Å². The zero-order valence-electron chi connectivity index (χ0n) is 16.3. The first-order valence-electron chi connectivity index (χ1n) is 9.67. The summed E-state index contributed by atoms with van der Waals surface area (Å²) in [4.78, 5) is 26.4. The Morgan fingerprint density at radius 1 is 1.08 bits per heavy atom. The van der Waals surface area contributed by atoms with Crippen LogP contribution in [0, 0.1) is 5.92 Å². The summed E-state index contributed by atoms with van der Waals surface area (Å²) in [6, 6.07) is -0.529. The van der Waals surface area contributed by atoms with Crippen molar-refractivity contribution in [3.63, 3.8) is 0 Å². The van der Waals surface area contributed by atoms with Crippen LogP contribution in [-0.2, 0) is 9.53 Å². The molecule has 3 amide bonds. The van der Waals surface area contributed by atoms with E-state index in [1.807, 2.05) is 6.92 Å². The van der Waals surface area contributed by atoms with E-state index >= 15 is 0 Å². The maximum Gasteiger partial charge on any atom is 0.315 e. The highest BCUT2D eigenvalue weighted by molar-refractivity contribution is 5.86. The lowest BCUT2D eigenvalue weighted by Crippen LogP contribution is -2.54. The fourth-order valence-corrected chi connectivity index (χ4v) is 3.25. The average molecular weight is 357 g/mol. The zero-order chi connectivity index (χ0) is 18.7. The van der Waals surface area contributed by atoms with Gasteiger partial charge in [-0.2, -0.15) is 0 Å². The van der Waals surface area contributed by atoms with E-state index in [9.17, 15) is 9.59 Å². The number of nitrogens with zero attached hydrogens (tertiary/aromatic N) is 1. The summed E-state index contributed by atoms with van der Waals surface area (Å²) in [5, 5.41) is 8.46. The number of urea groups is 1. The summed E-state index contributed by atoms with van der Waals surface area (Å²) < 4.78 is 5.45. The summed E-state index contributed by atoms with van der Waals surface area (Å²) in [5.41, 5.74) is 0. The van der Waals surface area contributed by atoms with Gasteiger partial charge in [0.1, 0.15) is 6.04 Å². The summed E-state index contributed by atoms with van der Waals surface area (Å²) >= 11 is 0. The summed E-state index contributed by atoms with van der Waals surface area (Å²) in [5.74, 6) is 0.380. The molecule has 0 aromatic carbocycles. The lowest BCUT2D eigenvalue weighted by Gasteiger charge is -2.38. The second-order valence-corrected chi connectivity index (χ2v) is 6.66. The highest BCUT2D eigenvalue weighted by Crippen LogP contribution is 2.19. The minimum Gasteiger partial charge on any atom is -0.379 e. The van der Waals surface area contributed by atoms with Gasteiger partial charge in [-0.25, -0.2) is 4.79 Å². The Morgan fingerprint density at radius 2 is 1.72 bits per heavy atom. The maximum absolute atomic E-state index is 12.2. The number of morpholine rings is 1. The number of nitrogens with one attached hydrogen (secondary N) is 3. The maximum atomic E-state index is 12.2. The van der Waals surface area contributed by atoms with Crippen molar-refractivity contribution >= 4 is 11.9 Å².